The van der Waals surface area contributed by atoms with Crippen molar-refractivity contribution in [3.8, 4) is 0 Å². The summed E-state index contributed by atoms with van der Waals surface area (Å²) in [6, 6.07) is 20.0. The van der Waals surface area contributed by atoms with Crippen molar-refractivity contribution >= 4 is 26.6 Å². The molecule has 1 heterocycles. The number of carbonyl (C=O) groups is 1. The van der Waals surface area contributed by atoms with Crippen LogP contribution in [0.1, 0.15) is 35.2 Å². The molecule has 0 bridgehead atoms. The van der Waals surface area contributed by atoms with Crippen LogP contribution >= 0.6 is 0 Å². The van der Waals surface area contributed by atoms with Gasteiger partial charge in [0.25, 0.3) is 0 Å². The molecule has 1 fully saturated rings. The number of sulfonamides is 1. The first kappa shape index (κ1) is 22.0. The van der Waals surface area contributed by atoms with Gasteiger partial charge in [0.1, 0.15) is 0 Å². The van der Waals surface area contributed by atoms with Crippen LogP contribution in [0.15, 0.2) is 83.3 Å². The lowest BCUT2D eigenvalue weighted by atomic mass is 9.78. The third kappa shape index (κ3) is 3.82. The summed E-state index contributed by atoms with van der Waals surface area (Å²) in [7, 11) is -3.83. The predicted octanol–water partition coefficient (Wildman–Crippen LogP) is 4.49. The predicted molar refractivity (Wildman–Crippen MR) is 129 cm³/mol. The zero-order chi connectivity index (χ0) is 23.2. The van der Waals surface area contributed by atoms with Crippen molar-refractivity contribution in [2.45, 2.75) is 37.2 Å². The van der Waals surface area contributed by atoms with Gasteiger partial charge in [-0.15, -0.1) is 0 Å². The second-order valence-corrected chi connectivity index (χ2v) is 11.2. The number of aliphatic hydroxyl groups is 1. The minimum absolute atomic E-state index is 0.00721. The van der Waals surface area contributed by atoms with E-state index in [0.717, 1.165) is 22.8 Å². The van der Waals surface area contributed by atoms with Crippen LogP contribution in [0, 0.1) is 12.3 Å². The molecule has 1 aliphatic heterocycles. The summed E-state index contributed by atoms with van der Waals surface area (Å²) in [4.78, 5) is 13.9. The van der Waals surface area contributed by atoms with E-state index in [-0.39, 0.29) is 23.8 Å². The summed E-state index contributed by atoms with van der Waals surface area (Å²) in [6.45, 7) is 2.08. The van der Waals surface area contributed by atoms with Gasteiger partial charge in [0.05, 0.1) is 11.0 Å². The Hall–Kier alpha value is -2.80. The van der Waals surface area contributed by atoms with Crippen LogP contribution in [-0.2, 0) is 10.0 Å². The normalized spacial score (nSPS) is 23.7. The number of hydrogen-bond donors (Lipinski definition) is 1. The van der Waals surface area contributed by atoms with Gasteiger partial charge in [-0.1, -0.05) is 66.2 Å². The maximum atomic E-state index is 13.7. The fourth-order valence-corrected chi connectivity index (χ4v) is 6.70. The topological polar surface area (TPSA) is 74.7 Å². The first-order valence-electron chi connectivity index (χ1n) is 11.3. The Bertz CT molecular complexity index is 1360. The molecule has 6 heteroatoms. The van der Waals surface area contributed by atoms with Gasteiger partial charge >= 0.3 is 0 Å². The summed E-state index contributed by atoms with van der Waals surface area (Å²) in [6.07, 6.45) is 3.25. The number of hydrogen-bond acceptors (Lipinski definition) is 4. The molecule has 5 rings (SSSR count). The van der Waals surface area contributed by atoms with E-state index in [4.69, 9.17) is 0 Å². The van der Waals surface area contributed by atoms with E-state index in [1.54, 1.807) is 30.3 Å². The van der Waals surface area contributed by atoms with Gasteiger partial charge < -0.3 is 5.11 Å². The molecule has 0 radical (unpaired) electrons. The third-order valence-corrected chi connectivity index (χ3v) is 8.85. The summed E-state index contributed by atoms with van der Waals surface area (Å²) in [5.41, 5.74) is 1.21. The Morgan fingerprint density at radius 2 is 1.76 bits per heavy atom. The zero-order valence-electron chi connectivity index (χ0n) is 18.6. The van der Waals surface area contributed by atoms with Crippen molar-refractivity contribution in [3.63, 3.8) is 0 Å². The molecule has 3 aromatic carbocycles. The monoisotopic (exact) mass is 461 g/mol. The highest BCUT2D eigenvalue weighted by atomic mass is 32.2. The van der Waals surface area contributed by atoms with Crippen LogP contribution in [0.3, 0.4) is 0 Å². The molecule has 2 unspecified atom stereocenters. The number of aryl methyl sites for hydroxylation is 1. The molecule has 2 aliphatic rings. The van der Waals surface area contributed by atoms with Crippen LogP contribution in [0.5, 0.6) is 0 Å². The Balaban J connectivity index is 1.59. The lowest BCUT2D eigenvalue weighted by Crippen LogP contribution is -2.49. The van der Waals surface area contributed by atoms with E-state index in [0.29, 0.717) is 24.0 Å². The number of benzene rings is 3. The quantitative estimate of drug-likeness (QED) is 0.581. The average molecular weight is 462 g/mol. The van der Waals surface area contributed by atoms with E-state index in [1.165, 1.54) is 4.31 Å². The Morgan fingerprint density at radius 3 is 2.48 bits per heavy atom. The van der Waals surface area contributed by atoms with Crippen LogP contribution in [0.2, 0.25) is 0 Å². The largest absolute Gasteiger partial charge is 0.392 e. The summed E-state index contributed by atoms with van der Waals surface area (Å²) >= 11 is 0. The lowest BCUT2D eigenvalue weighted by Gasteiger charge is -2.40. The zero-order valence-corrected chi connectivity index (χ0v) is 19.4. The average Bonchev–Trinajstić information content (AvgIpc) is 3.16. The summed E-state index contributed by atoms with van der Waals surface area (Å²) < 4.78 is 28.5. The van der Waals surface area contributed by atoms with Gasteiger partial charge in [-0.3, -0.25) is 4.79 Å². The Morgan fingerprint density at radius 1 is 1.03 bits per heavy atom. The first-order valence-corrected chi connectivity index (χ1v) is 12.7. The van der Waals surface area contributed by atoms with Crippen molar-refractivity contribution in [1.29, 1.82) is 0 Å². The number of carbonyl (C=O) groups excluding carboxylic acids is 1. The molecule has 2 atom stereocenters. The minimum atomic E-state index is -3.83. The minimum Gasteiger partial charge on any atom is -0.392 e. The molecule has 1 spiro atoms. The molecule has 1 saturated carbocycles. The third-order valence-electron chi connectivity index (χ3n) is 7.05. The summed E-state index contributed by atoms with van der Waals surface area (Å²) in [5, 5.41) is 12.7. The highest BCUT2D eigenvalue weighted by Gasteiger charge is 2.47. The smallest absolute Gasteiger partial charge is 0.243 e. The molecule has 3 aromatic rings. The van der Waals surface area contributed by atoms with Crippen molar-refractivity contribution in [2.75, 3.05) is 13.1 Å². The molecular formula is C27H27NO4S. The second kappa shape index (κ2) is 8.20. The van der Waals surface area contributed by atoms with Gasteiger partial charge in [-0.2, -0.15) is 4.31 Å². The molecule has 0 saturated heterocycles. The number of rotatable bonds is 4. The molecule has 0 amide bonds. The lowest BCUT2D eigenvalue weighted by molar-refractivity contribution is 0.0661. The van der Waals surface area contributed by atoms with Gasteiger partial charge in [0, 0.05) is 29.6 Å². The highest BCUT2D eigenvalue weighted by molar-refractivity contribution is 7.89. The van der Waals surface area contributed by atoms with Crippen molar-refractivity contribution in [1.82, 2.24) is 4.31 Å². The van der Waals surface area contributed by atoms with Crippen molar-refractivity contribution in [2.24, 2.45) is 5.41 Å². The first-order chi connectivity index (χ1) is 15.8. The molecular weight excluding hydrogens is 434 g/mol. The molecule has 33 heavy (non-hydrogen) atoms. The van der Waals surface area contributed by atoms with Gasteiger partial charge in [-0.05, 0) is 49.1 Å². The fraction of sp³-hybridized carbons (Fsp3) is 0.296. The Labute approximate surface area is 194 Å². The molecule has 1 N–H and O–H groups in total. The van der Waals surface area contributed by atoms with Crippen LogP contribution in [-0.4, -0.2) is 42.8 Å². The van der Waals surface area contributed by atoms with Gasteiger partial charge in [-0.25, -0.2) is 8.42 Å². The van der Waals surface area contributed by atoms with Gasteiger partial charge in [0.15, 0.2) is 5.78 Å². The Kier molecular flexibility index (Phi) is 5.47. The summed E-state index contributed by atoms with van der Waals surface area (Å²) in [5.74, 6) is -0.186. The second-order valence-electron chi connectivity index (χ2n) is 9.25. The number of fused-ring (bicyclic) bond motifs is 1. The number of Topliss-reactive ketones (excluding diaryl/α,β-unsaturated/α-hetero) is 1. The highest BCUT2D eigenvalue weighted by Crippen LogP contribution is 2.45. The van der Waals surface area contributed by atoms with E-state index in [9.17, 15) is 18.3 Å². The molecule has 0 aromatic heterocycles. The van der Waals surface area contributed by atoms with E-state index in [1.807, 2.05) is 49.4 Å². The van der Waals surface area contributed by atoms with Gasteiger partial charge in [0.2, 0.25) is 10.0 Å². The van der Waals surface area contributed by atoms with E-state index < -0.39 is 21.5 Å². The van der Waals surface area contributed by atoms with Crippen molar-refractivity contribution < 1.29 is 18.3 Å². The van der Waals surface area contributed by atoms with E-state index >= 15 is 0 Å². The number of ketones is 1. The number of aliphatic hydroxyl groups excluding tert-OH is 1. The number of nitrogens with zero attached hydrogens (tertiary/aromatic N) is 1. The van der Waals surface area contributed by atoms with Crippen LogP contribution in [0.4, 0.5) is 0 Å². The van der Waals surface area contributed by atoms with Crippen molar-refractivity contribution in [3.05, 3.63) is 89.5 Å². The molecule has 170 valence electrons. The van der Waals surface area contributed by atoms with E-state index in [2.05, 4.69) is 0 Å². The maximum absolute atomic E-state index is 13.7. The van der Waals surface area contributed by atoms with Crippen LogP contribution < -0.4 is 0 Å². The SMILES string of the molecule is Cc1ccc(S(=O)(=O)N2CC(C(=O)c3cccc4ccccc34)=CC3(CCCC3O)C2)cc1. The maximum Gasteiger partial charge on any atom is 0.243 e. The molecule has 5 nitrogen and oxygen atoms in total. The fourth-order valence-electron chi connectivity index (χ4n) is 5.21. The standard InChI is InChI=1S/C27H27NO4S/c1-19-11-13-22(14-12-19)33(31,32)28-17-21(16-27(18-28)15-5-10-25(27)29)26(30)24-9-4-7-20-6-2-3-8-23(20)24/h2-4,6-9,11-14,16,25,29H,5,10,15,17-18H2,1H3. The molecule has 1 aliphatic carbocycles. The van der Waals surface area contributed by atoms with Crippen LogP contribution in [0.25, 0.3) is 10.8 Å².